The van der Waals surface area contributed by atoms with E-state index in [2.05, 4.69) is 10.3 Å². The number of para-hydroxylation sites is 1. The largest absolute Gasteiger partial charge is 0.437 e. The second kappa shape index (κ2) is 5.54. The molecular formula is C15H12Cl2N2O2. The van der Waals surface area contributed by atoms with Gasteiger partial charge in [0.05, 0.1) is 5.92 Å². The number of anilines is 1. The Hall–Kier alpha value is -1.78. The predicted molar refractivity (Wildman–Crippen MR) is 81.9 cm³/mol. The topological polar surface area (TPSA) is 51.2 Å². The van der Waals surface area contributed by atoms with Crippen LogP contribution in [0.5, 0.6) is 11.6 Å². The van der Waals surface area contributed by atoms with Crippen molar-refractivity contribution < 1.29 is 9.53 Å². The van der Waals surface area contributed by atoms with Crippen LogP contribution in [0.1, 0.15) is 6.42 Å². The van der Waals surface area contributed by atoms with Crippen LogP contribution in [0, 0.1) is 5.92 Å². The molecule has 0 spiro atoms. The summed E-state index contributed by atoms with van der Waals surface area (Å²) in [6.07, 6.45) is 2.05. The van der Waals surface area contributed by atoms with Gasteiger partial charge in [0.15, 0.2) is 0 Å². The molecule has 1 atom stereocenters. The SMILES string of the molecule is O=C(Nc1cccnc1Oc1ccccc1)[C@H]1CC1(Cl)Cl. The third kappa shape index (κ3) is 3.28. The Morgan fingerprint density at radius 3 is 2.62 bits per heavy atom. The van der Waals surface area contributed by atoms with Crippen LogP contribution >= 0.6 is 23.2 Å². The molecule has 1 aliphatic rings. The Bertz CT molecular complexity index is 662. The summed E-state index contributed by atoms with van der Waals surface area (Å²) in [6, 6.07) is 12.7. The van der Waals surface area contributed by atoms with Crippen molar-refractivity contribution in [2.24, 2.45) is 5.92 Å². The Labute approximate surface area is 132 Å². The molecule has 1 fully saturated rings. The number of halogens is 2. The lowest BCUT2D eigenvalue weighted by Gasteiger charge is -2.11. The molecule has 1 aliphatic carbocycles. The highest BCUT2D eigenvalue weighted by Crippen LogP contribution is 2.53. The van der Waals surface area contributed by atoms with Gasteiger partial charge >= 0.3 is 0 Å². The number of ether oxygens (including phenoxy) is 1. The number of amides is 1. The maximum atomic E-state index is 12.0. The third-order valence-corrected chi connectivity index (χ3v) is 3.96. The molecule has 0 bridgehead atoms. The number of nitrogens with one attached hydrogen (secondary N) is 1. The first-order valence-corrected chi connectivity index (χ1v) is 7.18. The van der Waals surface area contributed by atoms with E-state index in [1.54, 1.807) is 18.3 Å². The number of pyridine rings is 1. The summed E-state index contributed by atoms with van der Waals surface area (Å²) < 4.78 is 4.72. The van der Waals surface area contributed by atoms with Crippen LogP contribution in [-0.2, 0) is 4.79 Å². The second-order valence-corrected chi connectivity index (χ2v) is 6.32. The summed E-state index contributed by atoms with van der Waals surface area (Å²) in [6.45, 7) is 0. The average Bonchev–Trinajstić information content (AvgIpc) is 3.11. The maximum absolute atomic E-state index is 12.0. The van der Waals surface area contributed by atoms with Crippen molar-refractivity contribution in [3.05, 3.63) is 48.7 Å². The molecule has 1 N–H and O–H groups in total. The van der Waals surface area contributed by atoms with Crippen molar-refractivity contribution in [1.29, 1.82) is 0 Å². The Morgan fingerprint density at radius 2 is 1.95 bits per heavy atom. The predicted octanol–water partition coefficient (Wildman–Crippen LogP) is 4.01. The maximum Gasteiger partial charge on any atom is 0.243 e. The van der Waals surface area contributed by atoms with E-state index in [0.29, 0.717) is 23.7 Å². The number of aromatic nitrogens is 1. The molecule has 0 unspecified atom stereocenters. The van der Waals surface area contributed by atoms with E-state index in [4.69, 9.17) is 27.9 Å². The zero-order valence-corrected chi connectivity index (χ0v) is 12.4. The van der Waals surface area contributed by atoms with Gasteiger partial charge < -0.3 is 10.1 Å². The molecule has 0 radical (unpaired) electrons. The van der Waals surface area contributed by atoms with Crippen molar-refractivity contribution in [3.8, 4) is 11.6 Å². The molecule has 4 nitrogen and oxygen atoms in total. The molecule has 1 aromatic carbocycles. The zero-order chi connectivity index (χ0) is 14.9. The lowest BCUT2D eigenvalue weighted by Crippen LogP contribution is -2.17. The quantitative estimate of drug-likeness (QED) is 0.865. The van der Waals surface area contributed by atoms with Gasteiger partial charge in [0.25, 0.3) is 0 Å². The van der Waals surface area contributed by atoms with Crippen molar-refractivity contribution in [3.63, 3.8) is 0 Å². The molecule has 0 aliphatic heterocycles. The van der Waals surface area contributed by atoms with Crippen LogP contribution in [-0.4, -0.2) is 15.2 Å². The van der Waals surface area contributed by atoms with Crippen LogP contribution in [0.4, 0.5) is 5.69 Å². The summed E-state index contributed by atoms with van der Waals surface area (Å²) in [4.78, 5) is 16.2. The van der Waals surface area contributed by atoms with Gasteiger partial charge in [-0.05, 0) is 30.7 Å². The van der Waals surface area contributed by atoms with Crippen LogP contribution in [0.3, 0.4) is 0 Å². The minimum Gasteiger partial charge on any atom is -0.437 e. The van der Waals surface area contributed by atoms with E-state index < -0.39 is 10.3 Å². The van der Waals surface area contributed by atoms with E-state index in [0.717, 1.165) is 0 Å². The zero-order valence-electron chi connectivity index (χ0n) is 10.9. The van der Waals surface area contributed by atoms with Gasteiger partial charge in [-0.3, -0.25) is 4.79 Å². The number of carbonyl (C=O) groups is 1. The first-order valence-electron chi connectivity index (χ1n) is 6.43. The van der Waals surface area contributed by atoms with Crippen molar-refractivity contribution in [2.45, 2.75) is 10.8 Å². The molecule has 1 saturated carbocycles. The number of hydrogen-bond donors (Lipinski definition) is 1. The Kier molecular flexibility index (Phi) is 3.74. The molecular weight excluding hydrogens is 311 g/mol. The number of nitrogens with zero attached hydrogens (tertiary/aromatic N) is 1. The fourth-order valence-electron chi connectivity index (χ4n) is 1.89. The normalized spacial score (nSPS) is 18.9. The van der Waals surface area contributed by atoms with Gasteiger partial charge in [0.2, 0.25) is 11.8 Å². The highest BCUT2D eigenvalue weighted by atomic mass is 35.5. The summed E-state index contributed by atoms with van der Waals surface area (Å²) in [5.74, 6) is 0.339. The van der Waals surface area contributed by atoms with E-state index in [-0.39, 0.29) is 5.91 Å². The van der Waals surface area contributed by atoms with Gasteiger partial charge in [-0.15, -0.1) is 23.2 Å². The average molecular weight is 323 g/mol. The fraction of sp³-hybridized carbons (Fsp3) is 0.200. The number of benzene rings is 1. The number of hydrogen-bond acceptors (Lipinski definition) is 3. The summed E-state index contributed by atoms with van der Waals surface area (Å²) in [5.41, 5.74) is 0.488. The van der Waals surface area contributed by atoms with Crippen molar-refractivity contribution >= 4 is 34.8 Å². The fourth-order valence-corrected chi connectivity index (χ4v) is 2.39. The summed E-state index contributed by atoms with van der Waals surface area (Å²) in [7, 11) is 0. The number of rotatable bonds is 4. The first-order chi connectivity index (χ1) is 10.1. The molecule has 2 aromatic rings. The third-order valence-electron chi connectivity index (χ3n) is 3.13. The van der Waals surface area contributed by atoms with Gasteiger partial charge in [0, 0.05) is 6.20 Å². The van der Waals surface area contributed by atoms with Gasteiger partial charge in [-0.25, -0.2) is 4.98 Å². The smallest absolute Gasteiger partial charge is 0.243 e. The summed E-state index contributed by atoms with van der Waals surface area (Å²) in [5, 5.41) is 2.75. The van der Waals surface area contributed by atoms with Gasteiger partial charge in [-0.2, -0.15) is 0 Å². The minimum absolute atomic E-state index is 0.231. The lowest BCUT2D eigenvalue weighted by molar-refractivity contribution is -0.117. The molecule has 21 heavy (non-hydrogen) atoms. The highest BCUT2D eigenvalue weighted by molar-refractivity contribution is 6.52. The molecule has 1 amide bonds. The molecule has 3 rings (SSSR count). The molecule has 1 heterocycles. The molecule has 1 aromatic heterocycles. The van der Waals surface area contributed by atoms with E-state index >= 15 is 0 Å². The van der Waals surface area contributed by atoms with Gasteiger partial charge in [0.1, 0.15) is 15.8 Å². The van der Waals surface area contributed by atoms with Gasteiger partial charge in [-0.1, -0.05) is 18.2 Å². The van der Waals surface area contributed by atoms with Crippen LogP contribution in [0.15, 0.2) is 48.7 Å². The molecule has 0 saturated heterocycles. The lowest BCUT2D eigenvalue weighted by atomic mass is 10.3. The van der Waals surface area contributed by atoms with Crippen LogP contribution in [0.2, 0.25) is 0 Å². The van der Waals surface area contributed by atoms with Crippen molar-refractivity contribution in [1.82, 2.24) is 4.98 Å². The van der Waals surface area contributed by atoms with Crippen LogP contribution in [0.25, 0.3) is 0 Å². The van der Waals surface area contributed by atoms with E-state index in [9.17, 15) is 4.79 Å². The van der Waals surface area contributed by atoms with Crippen molar-refractivity contribution in [2.75, 3.05) is 5.32 Å². The van der Waals surface area contributed by atoms with Crippen LogP contribution < -0.4 is 10.1 Å². The monoisotopic (exact) mass is 322 g/mol. The van der Waals surface area contributed by atoms with E-state index in [1.165, 1.54) is 0 Å². The standard InChI is InChI=1S/C15H12Cl2N2O2/c16-15(17)9-11(15)13(20)19-12-7-4-8-18-14(12)21-10-5-2-1-3-6-10/h1-8,11H,9H2,(H,19,20)/t11-/m1/s1. The molecule has 108 valence electrons. The molecule has 6 heteroatoms. The highest BCUT2D eigenvalue weighted by Gasteiger charge is 2.56. The van der Waals surface area contributed by atoms with E-state index in [1.807, 2.05) is 30.3 Å². The Morgan fingerprint density at radius 1 is 1.24 bits per heavy atom. The summed E-state index contributed by atoms with van der Waals surface area (Å²) >= 11 is 11.8. The number of alkyl halides is 2. The first kappa shape index (κ1) is 14.2. The number of carbonyl (C=O) groups excluding carboxylic acids is 1. The Balaban J connectivity index is 1.75. The minimum atomic E-state index is -0.952. The second-order valence-electron chi connectivity index (χ2n) is 4.78.